The van der Waals surface area contributed by atoms with Gasteiger partial charge < -0.3 is 15.1 Å². The molecule has 1 aliphatic carbocycles. The number of hydrogen-bond acceptors (Lipinski definition) is 4. The Morgan fingerprint density at radius 1 is 1.15 bits per heavy atom. The fourth-order valence-electron chi connectivity index (χ4n) is 2.30. The van der Waals surface area contributed by atoms with Crippen molar-refractivity contribution in [3.05, 3.63) is 24.4 Å². The van der Waals surface area contributed by atoms with Crippen LogP contribution in [0.3, 0.4) is 0 Å². The quantitative estimate of drug-likeness (QED) is 0.772. The molecule has 1 saturated heterocycles. The number of pyridine rings is 1. The van der Waals surface area contributed by atoms with Gasteiger partial charge >= 0.3 is 11.8 Å². The standard InChI is InChI=1S/C14H18N4O2/c19-13(16-11-4-5-11)14(20)18-9-7-17(8-10-18)12-3-1-2-6-15-12/h1-3,6,11H,4-5,7-10H2,(H,16,19). The highest BCUT2D eigenvalue weighted by molar-refractivity contribution is 6.35. The lowest BCUT2D eigenvalue weighted by atomic mass is 10.3. The van der Waals surface area contributed by atoms with Crippen LogP contribution in [0, 0.1) is 0 Å². The second-order valence-electron chi connectivity index (χ2n) is 5.21. The number of piperazine rings is 1. The van der Waals surface area contributed by atoms with Crippen LogP contribution in [0.2, 0.25) is 0 Å². The van der Waals surface area contributed by atoms with E-state index in [0.717, 1.165) is 18.7 Å². The van der Waals surface area contributed by atoms with Gasteiger partial charge in [-0.15, -0.1) is 0 Å². The van der Waals surface area contributed by atoms with Crippen LogP contribution in [0.1, 0.15) is 12.8 Å². The number of hydrogen-bond donors (Lipinski definition) is 1. The van der Waals surface area contributed by atoms with E-state index in [1.165, 1.54) is 0 Å². The van der Waals surface area contributed by atoms with Gasteiger partial charge in [-0.3, -0.25) is 9.59 Å². The number of nitrogens with zero attached hydrogens (tertiary/aromatic N) is 3. The minimum absolute atomic E-state index is 0.223. The zero-order valence-electron chi connectivity index (χ0n) is 11.3. The first-order chi connectivity index (χ1) is 9.74. The van der Waals surface area contributed by atoms with Crippen molar-refractivity contribution in [3.63, 3.8) is 0 Å². The first-order valence-corrected chi connectivity index (χ1v) is 7.00. The van der Waals surface area contributed by atoms with Crippen molar-refractivity contribution in [1.82, 2.24) is 15.2 Å². The van der Waals surface area contributed by atoms with E-state index in [-0.39, 0.29) is 6.04 Å². The van der Waals surface area contributed by atoms with E-state index in [1.54, 1.807) is 11.1 Å². The first-order valence-electron chi connectivity index (χ1n) is 7.00. The predicted molar refractivity (Wildman–Crippen MR) is 74.2 cm³/mol. The van der Waals surface area contributed by atoms with Gasteiger partial charge in [-0.25, -0.2) is 4.98 Å². The molecule has 20 heavy (non-hydrogen) atoms. The second kappa shape index (κ2) is 5.48. The lowest BCUT2D eigenvalue weighted by molar-refractivity contribution is -0.146. The van der Waals surface area contributed by atoms with Crippen LogP contribution in [0.15, 0.2) is 24.4 Å². The van der Waals surface area contributed by atoms with E-state index >= 15 is 0 Å². The highest BCUT2D eigenvalue weighted by Crippen LogP contribution is 2.18. The van der Waals surface area contributed by atoms with E-state index in [0.29, 0.717) is 26.2 Å². The Labute approximate surface area is 117 Å². The molecule has 6 nitrogen and oxygen atoms in total. The van der Waals surface area contributed by atoms with Gasteiger partial charge in [-0.2, -0.15) is 0 Å². The predicted octanol–water partition coefficient (Wildman–Crippen LogP) is 0.00880. The van der Waals surface area contributed by atoms with Crippen LogP contribution >= 0.6 is 0 Å². The number of aromatic nitrogens is 1. The number of carbonyl (C=O) groups is 2. The lowest BCUT2D eigenvalue weighted by Gasteiger charge is -2.35. The highest BCUT2D eigenvalue weighted by atomic mass is 16.2. The molecule has 1 saturated carbocycles. The normalized spacial score (nSPS) is 18.8. The fraction of sp³-hybridized carbons (Fsp3) is 0.500. The molecule has 3 rings (SSSR count). The average Bonchev–Trinajstić information content (AvgIpc) is 3.31. The summed E-state index contributed by atoms with van der Waals surface area (Å²) in [4.78, 5) is 31.7. The van der Waals surface area contributed by atoms with Crippen LogP contribution < -0.4 is 10.2 Å². The Bertz CT molecular complexity index is 493. The van der Waals surface area contributed by atoms with Gasteiger partial charge in [0.25, 0.3) is 0 Å². The van der Waals surface area contributed by atoms with Crippen LogP contribution in [0.4, 0.5) is 5.82 Å². The molecule has 6 heteroatoms. The Hall–Kier alpha value is -2.11. The molecule has 0 spiro atoms. The molecule has 1 N–H and O–H groups in total. The molecule has 2 fully saturated rings. The molecule has 0 bridgehead atoms. The molecule has 0 unspecified atom stereocenters. The van der Waals surface area contributed by atoms with E-state index in [4.69, 9.17) is 0 Å². The van der Waals surface area contributed by atoms with Gasteiger partial charge in [0.2, 0.25) is 0 Å². The summed E-state index contributed by atoms with van der Waals surface area (Å²) in [5, 5.41) is 2.74. The Balaban J connectivity index is 1.52. The molecular formula is C14H18N4O2. The smallest absolute Gasteiger partial charge is 0.312 e. The van der Waals surface area contributed by atoms with E-state index < -0.39 is 11.8 Å². The van der Waals surface area contributed by atoms with Gasteiger partial charge in [0.05, 0.1) is 0 Å². The summed E-state index contributed by atoms with van der Waals surface area (Å²) in [5.41, 5.74) is 0. The van der Waals surface area contributed by atoms with E-state index in [2.05, 4.69) is 15.2 Å². The van der Waals surface area contributed by atoms with Gasteiger partial charge in [0, 0.05) is 38.4 Å². The summed E-state index contributed by atoms with van der Waals surface area (Å²) in [6, 6.07) is 6.01. The molecule has 1 aromatic rings. The first kappa shape index (κ1) is 12.9. The fourth-order valence-corrected chi connectivity index (χ4v) is 2.30. The summed E-state index contributed by atoms with van der Waals surface area (Å²) in [7, 11) is 0. The zero-order chi connectivity index (χ0) is 13.9. The molecule has 0 radical (unpaired) electrons. The van der Waals surface area contributed by atoms with Crippen LogP contribution in [0.5, 0.6) is 0 Å². The summed E-state index contributed by atoms with van der Waals surface area (Å²) in [5.74, 6) is 0.0541. The van der Waals surface area contributed by atoms with E-state index in [1.807, 2.05) is 18.2 Å². The van der Waals surface area contributed by atoms with Gasteiger partial charge in [0.15, 0.2) is 0 Å². The molecule has 2 aliphatic rings. The number of amides is 2. The van der Waals surface area contributed by atoms with Crippen molar-refractivity contribution in [3.8, 4) is 0 Å². The maximum absolute atomic E-state index is 12.0. The van der Waals surface area contributed by atoms with Crippen LogP contribution in [-0.4, -0.2) is 53.9 Å². The van der Waals surface area contributed by atoms with Gasteiger partial charge in [-0.05, 0) is 25.0 Å². The monoisotopic (exact) mass is 274 g/mol. The topological polar surface area (TPSA) is 65.5 Å². The van der Waals surface area contributed by atoms with Crippen molar-refractivity contribution in [1.29, 1.82) is 0 Å². The molecule has 106 valence electrons. The number of nitrogens with one attached hydrogen (secondary N) is 1. The minimum atomic E-state index is -0.459. The lowest BCUT2D eigenvalue weighted by Crippen LogP contribution is -2.53. The summed E-state index contributed by atoms with van der Waals surface area (Å²) in [6.45, 7) is 2.54. The molecule has 2 amide bonds. The van der Waals surface area contributed by atoms with E-state index in [9.17, 15) is 9.59 Å². The van der Waals surface area contributed by atoms with Crippen LogP contribution in [0.25, 0.3) is 0 Å². The highest BCUT2D eigenvalue weighted by Gasteiger charge is 2.30. The van der Waals surface area contributed by atoms with Crippen molar-refractivity contribution < 1.29 is 9.59 Å². The van der Waals surface area contributed by atoms with Gasteiger partial charge in [0.1, 0.15) is 5.82 Å². The third-order valence-electron chi connectivity index (χ3n) is 3.65. The largest absolute Gasteiger partial charge is 0.353 e. The maximum atomic E-state index is 12.0. The molecule has 1 aromatic heterocycles. The number of rotatable bonds is 2. The summed E-state index contributed by atoms with van der Waals surface area (Å²) >= 11 is 0. The number of anilines is 1. The molecule has 1 aliphatic heterocycles. The Morgan fingerprint density at radius 3 is 2.50 bits per heavy atom. The van der Waals surface area contributed by atoms with Crippen molar-refractivity contribution in [2.24, 2.45) is 0 Å². The maximum Gasteiger partial charge on any atom is 0.312 e. The molecule has 0 atom stereocenters. The number of carbonyl (C=O) groups excluding carboxylic acids is 2. The van der Waals surface area contributed by atoms with Crippen molar-refractivity contribution >= 4 is 17.6 Å². The molecule has 0 aromatic carbocycles. The van der Waals surface area contributed by atoms with Gasteiger partial charge in [-0.1, -0.05) is 6.07 Å². The third-order valence-corrected chi connectivity index (χ3v) is 3.65. The molecular weight excluding hydrogens is 256 g/mol. The zero-order valence-corrected chi connectivity index (χ0v) is 11.3. The second-order valence-corrected chi connectivity index (χ2v) is 5.21. The minimum Gasteiger partial charge on any atom is -0.353 e. The van der Waals surface area contributed by atoms with Crippen molar-refractivity contribution in [2.75, 3.05) is 31.1 Å². The summed E-state index contributed by atoms with van der Waals surface area (Å²) < 4.78 is 0. The molecule has 2 heterocycles. The Morgan fingerprint density at radius 2 is 1.90 bits per heavy atom. The van der Waals surface area contributed by atoms with Crippen molar-refractivity contribution in [2.45, 2.75) is 18.9 Å². The Kier molecular flexibility index (Phi) is 3.54. The third kappa shape index (κ3) is 2.89. The summed E-state index contributed by atoms with van der Waals surface area (Å²) in [6.07, 6.45) is 3.74. The SMILES string of the molecule is O=C(NC1CC1)C(=O)N1CCN(c2ccccn2)CC1. The average molecular weight is 274 g/mol. The van der Waals surface area contributed by atoms with Crippen LogP contribution in [-0.2, 0) is 9.59 Å².